The molecule has 2 aromatic heterocycles. The van der Waals surface area contributed by atoms with Crippen LogP contribution >= 0.6 is 23.5 Å². The number of anilines is 2. The van der Waals surface area contributed by atoms with E-state index in [1.165, 1.54) is 0 Å². The third-order valence-electron chi connectivity index (χ3n) is 12.3. The van der Waals surface area contributed by atoms with Gasteiger partial charge in [0, 0.05) is 37.6 Å². The Morgan fingerprint density at radius 3 is 1.39 bits per heavy atom. The number of fused-ring (bicyclic) bond motifs is 2. The zero-order chi connectivity index (χ0) is 52.6. The van der Waals surface area contributed by atoms with E-state index in [1.807, 2.05) is 124 Å². The number of aromatic nitrogens is 4. The highest BCUT2D eigenvalue weighted by Crippen LogP contribution is 2.33. The van der Waals surface area contributed by atoms with Crippen molar-refractivity contribution in [2.24, 2.45) is 14.1 Å². The van der Waals surface area contributed by atoms with Gasteiger partial charge in [-0.05, 0) is 147 Å². The van der Waals surface area contributed by atoms with E-state index in [2.05, 4.69) is 10.3 Å². The maximum absolute atomic E-state index is 12.0. The molecule has 5 N–H and O–H groups in total. The molecule has 2 aliphatic heterocycles. The van der Waals surface area contributed by atoms with Gasteiger partial charge in [-0.3, -0.25) is 24.5 Å². The summed E-state index contributed by atoms with van der Waals surface area (Å²) >= 11 is 1.51. The quantitative estimate of drug-likeness (QED) is 0.0685. The summed E-state index contributed by atoms with van der Waals surface area (Å²) in [4.78, 5) is 56.3. The molecule has 0 radical (unpaired) electrons. The van der Waals surface area contributed by atoms with Crippen molar-refractivity contribution in [2.75, 3.05) is 11.5 Å². The highest BCUT2D eigenvalue weighted by atomic mass is 32.2. The fourth-order valence-electron chi connectivity index (χ4n) is 8.22. The number of nitrogens with two attached hydrogens (primary N) is 2. The fourth-order valence-corrected chi connectivity index (χ4v) is 9.87. The summed E-state index contributed by atoms with van der Waals surface area (Å²) in [7, 11) is 3.86. The molecule has 72 heavy (non-hydrogen) atoms. The number of nitrogens with zero attached hydrogens (tertiary/aromatic N) is 4. The van der Waals surface area contributed by atoms with Gasteiger partial charge in [0.2, 0.25) is 5.91 Å². The van der Waals surface area contributed by atoms with Crippen molar-refractivity contribution in [1.29, 1.82) is 0 Å². The van der Waals surface area contributed by atoms with E-state index in [4.69, 9.17) is 38.1 Å². The lowest BCUT2D eigenvalue weighted by molar-refractivity contribution is -0.121. The van der Waals surface area contributed by atoms with Crippen LogP contribution in [0.4, 0.5) is 16.2 Å². The Balaban J connectivity index is 0.000000182. The molecule has 17 heteroatoms. The lowest BCUT2D eigenvalue weighted by atomic mass is 10.1. The molecule has 2 amide bonds. The van der Waals surface area contributed by atoms with Crippen LogP contribution in [0.1, 0.15) is 54.2 Å². The molecule has 0 unspecified atom stereocenters. The van der Waals surface area contributed by atoms with Gasteiger partial charge in [-0.1, -0.05) is 47.8 Å². The number of hydrogen-bond donors (Lipinski definition) is 3. The summed E-state index contributed by atoms with van der Waals surface area (Å²) in [5.74, 6) is 4.73. The van der Waals surface area contributed by atoms with Gasteiger partial charge in [-0.25, -0.2) is 9.97 Å². The number of amides is 2. The minimum atomic E-state index is -1.54. The number of carbonyl (C=O) groups excluding carboxylic acids is 4. The number of carbonyl (C=O) groups is 4. The first-order valence-corrected chi connectivity index (χ1v) is 24.6. The Kier molecular flexibility index (Phi) is 13.5. The first kappa shape index (κ1) is 46.6. The maximum atomic E-state index is 12.0. The molecule has 0 spiro atoms. The van der Waals surface area contributed by atoms with Crippen molar-refractivity contribution in [3.05, 3.63) is 154 Å². The maximum Gasteiger partial charge on any atom is 0.286 e. The smallest absolute Gasteiger partial charge is 0.286 e. The zero-order valence-corrected chi connectivity index (χ0v) is 42.1. The third kappa shape index (κ3) is 11.2. The van der Waals surface area contributed by atoms with Crippen molar-refractivity contribution in [1.82, 2.24) is 24.4 Å². The van der Waals surface area contributed by atoms with E-state index in [0.29, 0.717) is 34.8 Å². The van der Waals surface area contributed by atoms with E-state index < -0.39 is 21.6 Å². The van der Waals surface area contributed by atoms with Crippen LogP contribution < -0.4 is 35.7 Å². The summed E-state index contributed by atoms with van der Waals surface area (Å²) in [5, 5.41) is -1.53. The van der Waals surface area contributed by atoms with Crippen LogP contribution in [-0.4, -0.2) is 51.6 Å². The number of Topliss-reactive ketones (excluding diaryl/α,β-unsaturated/α-hetero) is 1. The van der Waals surface area contributed by atoms with Gasteiger partial charge in [0.15, 0.2) is 10.9 Å². The number of aryl methyl sites for hydroxylation is 6. The Morgan fingerprint density at radius 2 is 1.00 bits per heavy atom. The van der Waals surface area contributed by atoms with Gasteiger partial charge >= 0.3 is 0 Å². The number of imide groups is 1. The van der Waals surface area contributed by atoms with E-state index in [9.17, 15) is 19.2 Å². The molecule has 368 valence electrons. The summed E-state index contributed by atoms with van der Waals surface area (Å²) in [6.07, 6.45) is 0.148. The van der Waals surface area contributed by atoms with Crippen molar-refractivity contribution in [2.45, 2.75) is 70.6 Å². The molecule has 2 atom stereocenters. The SMILES string of the molecule is [2H][C@@]1(Cc2ccc(OCc3nc4ccc(Oc5cc(C)c(N)c(C)c5)cc4n3C)cc2)SC(=O)CC1=O.[2H][C@]1(Cc2ccc(OCc3nc4ccc(Oc5cc(C)c(N)c(C)c5)cc4n3C)cc2)SC(=O)NC1=O. The number of thioether (sulfide) groups is 2. The van der Waals surface area contributed by atoms with E-state index >= 15 is 0 Å². The molecule has 0 saturated carbocycles. The first-order valence-electron chi connectivity index (χ1n) is 24.0. The number of ketones is 1. The number of rotatable bonds is 14. The normalized spacial score (nSPS) is 17.9. The van der Waals surface area contributed by atoms with E-state index in [0.717, 1.165) is 102 Å². The zero-order valence-electron chi connectivity index (χ0n) is 42.5. The molecule has 0 aliphatic carbocycles. The van der Waals surface area contributed by atoms with E-state index in [-0.39, 0.29) is 43.4 Å². The second-order valence-electron chi connectivity index (χ2n) is 17.6. The Labute approximate surface area is 427 Å². The highest BCUT2D eigenvalue weighted by molar-refractivity contribution is 8.15. The van der Waals surface area contributed by atoms with Crippen LogP contribution in [0.2, 0.25) is 0 Å². The highest BCUT2D eigenvalue weighted by Gasteiger charge is 2.32. The second-order valence-corrected chi connectivity index (χ2v) is 19.8. The molecule has 2 aliphatic rings. The largest absolute Gasteiger partial charge is 0.486 e. The Hall–Kier alpha value is -7.76. The lowest BCUT2D eigenvalue weighted by Gasteiger charge is -2.11. The van der Waals surface area contributed by atoms with Gasteiger partial charge in [-0.15, -0.1) is 0 Å². The van der Waals surface area contributed by atoms with Gasteiger partial charge in [0.1, 0.15) is 59.4 Å². The minimum absolute atomic E-state index is 0.125. The molecule has 10 rings (SSSR count). The molecule has 2 fully saturated rings. The number of benzene rings is 6. The van der Waals surface area contributed by atoms with Crippen molar-refractivity contribution in [3.63, 3.8) is 0 Å². The standard InChI is InChI=1S/C28H27N3O4S.C27H26N4O4S/c1-16-10-21(11-17(2)28(16)29)35-20-8-9-22-23(13-20)31(3)26(30-22)15-34-19-6-4-18(5-7-19)12-25-24(32)14-27(33)36-25;1-15-10-20(11-16(2)25(15)28)35-19-8-9-21-22(13-19)31(3)24(29-21)14-34-18-6-4-17(5-7-18)12-23-26(32)30-27(33)36-23/h4-11,13,25H,12,14-15,29H2,1-3H3;4-11,13,23H,12,14,28H2,1-3H3,(H,30,32,33)/t25-;23-/m01/s1/i25D;23D. The molecule has 6 aromatic carbocycles. The van der Waals surface area contributed by atoms with Crippen LogP contribution in [0.5, 0.6) is 34.5 Å². The van der Waals surface area contributed by atoms with Crippen molar-refractivity contribution >= 4 is 79.0 Å². The summed E-state index contributed by atoms with van der Waals surface area (Å²) < 4.78 is 44.6. The predicted molar refractivity (Wildman–Crippen MR) is 282 cm³/mol. The third-order valence-corrected chi connectivity index (χ3v) is 14.2. The fraction of sp³-hybridized carbons (Fsp3) is 0.236. The van der Waals surface area contributed by atoms with Crippen LogP contribution in [-0.2, 0) is 54.5 Å². The number of hydrogen-bond acceptors (Lipinski definition) is 14. The molecule has 8 aromatic rings. The molecular formula is C55H53N7O8S2. The topological polar surface area (TPSA) is 205 Å². The van der Waals surface area contributed by atoms with Crippen LogP contribution in [0.25, 0.3) is 22.1 Å². The number of nitrogens with one attached hydrogen (secondary N) is 1. The molecule has 15 nitrogen and oxygen atoms in total. The molecule has 2 saturated heterocycles. The summed E-state index contributed by atoms with van der Waals surface area (Å²) in [5.41, 5.74) is 22.6. The Bertz CT molecular complexity index is 3250. The van der Waals surface area contributed by atoms with Crippen molar-refractivity contribution in [3.8, 4) is 34.5 Å². The molecule has 4 heterocycles. The first-order chi connectivity index (χ1) is 35.2. The average Bonchev–Trinajstić information content (AvgIpc) is 4.02. The predicted octanol–water partition coefficient (Wildman–Crippen LogP) is 10.3. The number of imidazole rings is 2. The van der Waals surface area contributed by atoms with Gasteiger partial charge in [0.25, 0.3) is 5.24 Å². The van der Waals surface area contributed by atoms with Crippen molar-refractivity contribution < 1.29 is 40.9 Å². The average molecular weight is 1010 g/mol. The Morgan fingerprint density at radius 1 is 0.583 bits per heavy atom. The van der Waals surface area contributed by atoms with Gasteiger partial charge in [-0.2, -0.15) is 0 Å². The van der Waals surface area contributed by atoms with Crippen LogP contribution in [0.15, 0.2) is 109 Å². The molecular weight excluding hydrogens is 951 g/mol. The van der Waals surface area contributed by atoms with Crippen LogP contribution in [0.3, 0.4) is 0 Å². The minimum Gasteiger partial charge on any atom is -0.486 e. The van der Waals surface area contributed by atoms with Gasteiger partial charge in [0.05, 0.1) is 41.7 Å². The number of ether oxygens (including phenoxy) is 4. The second kappa shape index (κ2) is 20.9. The summed E-state index contributed by atoms with van der Waals surface area (Å²) in [6, 6.07) is 33.6. The summed E-state index contributed by atoms with van der Waals surface area (Å²) in [6.45, 7) is 8.36. The van der Waals surface area contributed by atoms with Gasteiger partial charge < -0.3 is 39.5 Å². The monoisotopic (exact) mass is 1010 g/mol. The van der Waals surface area contributed by atoms with Crippen LogP contribution in [0, 0.1) is 27.7 Å². The molecule has 0 bridgehead atoms. The lowest BCUT2D eigenvalue weighted by Crippen LogP contribution is -2.25. The number of nitrogen functional groups attached to an aromatic ring is 2. The van der Waals surface area contributed by atoms with E-state index in [1.54, 1.807) is 36.4 Å².